The molecule has 6 nitrogen and oxygen atoms in total. The Morgan fingerprint density at radius 1 is 0.720 bits per heavy atom. The van der Waals surface area contributed by atoms with Crippen molar-refractivity contribution in [3.63, 3.8) is 0 Å². The van der Waals surface area contributed by atoms with Gasteiger partial charge in [-0.15, -0.1) is 0 Å². The van der Waals surface area contributed by atoms with Crippen molar-refractivity contribution in [1.82, 2.24) is 0 Å². The molecule has 2 aromatic carbocycles. The van der Waals surface area contributed by atoms with E-state index in [1.165, 1.54) is 0 Å². The first-order chi connectivity index (χ1) is 11.9. The maximum absolute atomic E-state index is 9.54. The lowest BCUT2D eigenvalue weighted by Gasteiger charge is -2.19. The first kappa shape index (κ1) is 19.3. The molecular weight excluding hydrogens is 324 g/mol. The third-order valence-electron chi connectivity index (χ3n) is 3.35. The van der Waals surface area contributed by atoms with Crippen molar-refractivity contribution in [1.29, 1.82) is 0 Å². The van der Waals surface area contributed by atoms with E-state index in [4.69, 9.17) is 14.2 Å². The average molecular weight is 350 g/mol. The number of fused-ring (bicyclic) bond motifs is 1. The lowest BCUT2D eigenvalue weighted by atomic mass is 10.1. The van der Waals surface area contributed by atoms with E-state index in [1.807, 2.05) is 24.3 Å². The summed E-state index contributed by atoms with van der Waals surface area (Å²) >= 11 is 0. The molecule has 0 bridgehead atoms. The summed E-state index contributed by atoms with van der Waals surface area (Å²) < 4.78 is 17.2. The van der Waals surface area contributed by atoms with Crippen LogP contribution in [0, 0.1) is 0 Å². The number of aliphatic hydroxyl groups is 3. The number of hydrogen-bond donors (Lipinski definition) is 3. The largest absolute Gasteiger partial charge is 0.490 e. The van der Waals surface area contributed by atoms with Crippen LogP contribution < -0.4 is 14.2 Å². The van der Waals surface area contributed by atoms with Crippen LogP contribution in [-0.4, -0.2) is 53.5 Å². The molecule has 6 heteroatoms. The highest BCUT2D eigenvalue weighted by molar-refractivity contribution is 5.95. The summed E-state index contributed by atoms with van der Waals surface area (Å²) in [5.74, 6) is 1.46. The Hall–Kier alpha value is -2.02. The zero-order valence-electron chi connectivity index (χ0n) is 14.8. The van der Waals surface area contributed by atoms with Crippen LogP contribution in [0.4, 0.5) is 0 Å². The van der Waals surface area contributed by atoms with E-state index in [1.54, 1.807) is 26.8 Å². The van der Waals surface area contributed by atoms with Crippen molar-refractivity contribution in [2.24, 2.45) is 0 Å². The smallest absolute Gasteiger partial charge is 0.169 e. The number of aliphatic hydroxyl groups excluding tert-OH is 3. The Balaban J connectivity index is 2.48. The standard InChI is InChI=1S/C19H26O6/c1-12(20)9-23-17-8-18(24-10-13(2)21)19(25-11-14(3)22)16-7-5-4-6-15(16)17/h4-8,12-14,20-22H,9-11H2,1-3H3. The molecule has 3 unspecified atom stereocenters. The van der Waals surface area contributed by atoms with Crippen LogP contribution in [0.25, 0.3) is 10.8 Å². The van der Waals surface area contributed by atoms with Crippen LogP contribution in [0.1, 0.15) is 20.8 Å². The molecule has 0 saturated heterocycles. The van der Waals surface area contributed by atoms with Gasteiger partial charge in [0, 0.05) is 16.8 Å². The fourth-order valence-corrected chi connectivity index (χ4v) is 2.29. The Bertz CT molecular complexity index is 681. The maximum Gasteiger partial charge on any atom is 0.169 e. The minimum Gasteiger partial charge on any atom is -0.490 e. The molecule has 0 amide bonds. The van der Waals surface area contributed by atoms with Crippen molar-refractivity contribution >= 4 is 10.8 Å². The molecule has 0 aliphatic carbocycles. The molecule has 2 aromatic rings. The van der Waals surface area contributed by atoms with Crippen LogP contribution in [0.5, 0.6) is 17.2 Å². The van der Waals surface area contributed by atoms with Crippen molar-refractivity contribution < 1.29 is 29.5 Å². The topological polar surface area (TPSA) is 88.4 Å². The molecule has 138 valence electrons. The third-order valence-corrected chi connectivity index (χ3v) is 3.35. The summed E-state index contributed by atoms with van der Waals surface area (Å²) in [5, 5.41) is 30.1. The summed E-state index contributed by atoms with van der Waals surface area (Å²) in [6.45, 7) is 5.27. The first-order valence-electron chi connectivity index (χ1n) is 8.36. The quantitative estimate of drug-likeness (QED) is 0.642. The molecule has 0 saturated carbocycles. The van der Waals surface area contributed by atoms with Gasteiger partial charge >= 0.3 is 0 Å². The Morgan fingerprint density at radius 2 is 1.20 bits per heavy atom. The van der Waals surface area contributed by atoms with Gasteiger partial charge in [-0.1, -0.05) is 24.3 Å². The second-order valence-electron chi connectivity index (χ2n) is 6.23. The number of hydrogen-bond acceptors (Lipinski definition) is 6. The second kappa shape index (κ2) is 8.89. The van der Waals surface area contributed by atoms with Crippen LogP contribution in [0.2, 0.25) is 0 Å². The van der Waals surface area contributed by atoms with Crippen LogP contribution >= 0.6 is 0 Å². The molecule has 0 spiro atoms. The van der Waals surface area contributed by atoms with Gasteiger partial charge in [-0.25, -0.2) is 0 Å². The minimum absolute atomic E-state index is 0.0964. The molecule has 2 rings (SSSR count). The van der Waals surface area contributed by atoms with Gasteiger partial charge < -0.3 is 29.5 Å². The van der Waals surface area contributed by atoms with Crippen LogP contribution in [-0.2, 0) is 0 Å². The monoisotopic (exact) mass is 350 g/mol. The number of ether oxygens (including phenoxy) is 3. The van der Waals surface area contributed by atoms with E-state index in [0.717, 1.165) is 10.8 Å². The Kier molecular flexibility index (Phi) is 6.87. The maximum atomic E-state index is 9.54. The molecule has 0 radical (unpaired) electrons. The van der Waals surface area contributed by atoms with Gasteiger partial charge in [0.2, 0.25) is 0 Å². The van der Waals surface area contributed by atoms with E-state index >= 15 is 0 Å². The number of benzene rings is 2. The second-order valence-corrected chi connectivity index (χ2v) is 6.23. The van der Waals surface area contributed by atoms with Gasteiger partial charge in [-0.05, 0) is 20.8 Å². The average Bonchev–Trinajstić information content (AvgIpc) is 2.56. The van der Waals surface area contributed by atoms with Gasteiger partial charge in [-0.2, -0.15) is 0 Å². The lowest BCUT2D eigenvalue weighted by molar-refractivity contribution is 0.107. The molecule has 0 aliphatic heterocycles. The highest BCUT2D eigenvalue weighted by Gasteiger charge is 2.17. The summed E-state index contributed by atoms with van der Waals surface area (Å²) in [6, 6.07) is 9.20. The zero-order chi connectivity index (χ0) is 18.4. The molecule has 3 atom stereocenters. The molecule has 0 heterocycles. The molecule has 0 aliphatic rings. The third kappa shape index (κ3) is 5.49. The highest BCUT2D eigenvalue weighted by Crippen LogP contribution is 2.41. The van der Waals surface area contributed by atoms with Crippen molar-refractivity contribution in [3.05, 3.63) is 30.3 Å². The molecular formula is C19H26O6. The van der Waals surface area contributed by atoms with Gasteiger partial charge in [0.15, 0.2) is 11.5 Å². The molecule has 0 fully saturated rings. The zero-order valence-corrected chi connectivity index (χ0v) is 14.8. The van der Waals surface area contributed by atoms with Crippen LogP contribution in [0.15, 0.2) is 30.3 Å². The SMILES string of the molecule is CC(O)COc1cc(OCC(C)O)c2ccccc2c1OCC(C)O. The molecule has 3 N–H and O–H groups in total. The van der Waals surface area contributed by atoms with Crippen molar-refractivity contribution in [2.75, 3.05) is 19.8 Å². The fraction of sp³-hybridized carbons (Fsp3) is 0.474. The molecule has 25 heavy (non-hydrogen) atoms. The first-order valence-corrected chi connectivity index (χ1v) is 8.36. The van der Waals surface area contributed by atoms with Crippen molar-refractivity contribution in [3.8, 4) is 17.2 Å². The van der Waals surface area contributed by atoms with E-state index < -0.39 is 18.3 Å². The summed E-state index contributed by atoms with van der Waals surface area (Å²) in [6.07, 6.45) is -1.88. The molecule has 0 aromatic heterocycles. The minimum atomic E-state index is -0.641. The summed E-state index contributed by atoms with van der Waals surface area (Å²) in [4.78, 5) is 0. The van der Waals surface area contributed by atoms with Gasteiger partial charge in [0.05, 0.1) is 18.3 Å². The predicted molar refractivity (Wildman–Crippen MR) is 95.5 cm³/mol. The Morgan fingerprint density at radius 3 is 1.76 bits per heavy atom. The van der Waals surface area contributed by atoms with E-state index in [0.29, 0.717) is 17.2 Å². The van der Waals surface area contributed by atoms with Gasteiger partial charge in [-0.3, -0.25) is 0 Å². The Labute approximate surface area is 147 Å². The summed E-state index contributed by atoms with van der Waals surface area (Å²) in [5.41, 5.74) is 0. The number of rotatable bonds is 9. The van der Waals surface area contributed by atoms with E-state index in [9.17, 15) is 15.3 Å². The van der Waals surface area contributed by atoms with Crippen LogP contribution in [0.3, 0.4) is 0 Å². The van der Waals surface area contributed by atoms with Gasteiger partial charge in [0.1, 0.15) is 25.6 Å². The van der Waals surface area contributed by atoms with Crippen molar-refractivity contribution in [2.45, 2.75) is 39.1 Å². The van der Waals surface area contributed by atoms with E-state index in [-0.39, 0.29) is 19.8 Å². The van der Waals surface area contributed by atoms with Gasteiger partial charge in [0.25, 0.3) is 0 Å². The predicted octanol–water partition coefficient (Wildman–Crippen LogP) is 2.12. The summed E-state index contributed by atoms with van der Waals surface area (Å²) in [7, 11) is 0. The fourth-order valence-electron chi connectivity index (χ4n) is 2.29. The van der Waals surface area contributed by atoms with E-state index in [2.05, 4.69) is 0 Å². The lowest BCUT2D eigenvalue weighted by Crippen LogP contribution is -2.17. The normalized spacial score (nSPS) is 14.8. The highest BCUT2D eigenvalue weighted by atomic mass is 16.5.